The summed E-state index contributed by atoms with van der Waals surface area (Å²) in [5.41, 5.74) is 1.15. The van der Waals surface area contributed by atoms with Crippen molar-refractivity contribution in [2.24, 2.45) is 0 Å². The molecular weight excluding hydrogens is 283 g/mol. The van der Waals surface area contributed by atoms with Gasteiger partial charge in [-0.25, -0.2) is 4.79 Å². The summed E-state index contributed by atoms with van der Waals surface area (Å²) in [5.74, 6) is -0.949. The van der Waals surface area contributed by atoms with Crippen molar-refractivity contribution in [1.29, 1.82) is 0 Å². The van der Waals surface area contributed by atoms with E-state index in [-0.39, 0.29) is 57.0 Å². The number of methoxy groups -OCH3 is 1. The summed E-state index contributed by atoms with van der Waals surface area (Å²) >= 11 is 0. The zero-order valence-electron chi connectivity index (χ0n) is 11.1. The van der Waals surface area contributed by atoms with Crippen LogP contribution in [-0.4, -0.2) is 20.1 Å². The third-order valence-corrected chi connectivity index (χ3v) is 2.32. The summed E-state index contributed by atoms with van der Waals surface area (Å²) in [6, 6.07) is 6.84. The maximum Gasteiger partial charge on any atom is 1.00 e. The molecule has 0 unspecified atom stereocenters. The predicted molar refractivity (Wildman–Crippen MR) is 65.1 cm³/mol. The van der Waals surface area contributed by atoms with E-state index in [4.69, 9.17) is 0 Å². The standard InChI is InChI=1S/C12H13BF3O2.K/c1-9-3-5-10(6-4-9)7-11(12(17)18-2)8-13(14,15)16;/h3-7H,8H2,1-2H3;/q-1;+1/b11-7+;. The van der Waals surface area contributed by atoms with E-state index >= 15 is 0 Å². The van der Waals surface area contributed by atoms with Gasteiger partial charge in [-0.3, -0.25) is 0 Å². The molecular formula is C12H13BF3KO2. The molecule has 0 fully saturated rings. The number of carbonyl (C=O) groups excluding carboxylic acids is 1. The Bertz CT molecular complexity index is 455. The molecule has 1 aromatic carbocycles. The van der Waals surface area contributed by atoms with Crippen LogP contribution in [-0.2, 0) is 9.53 Å². The fourth-order valence-electron chi connectivity index (χ4n) is 1.45. The molecule has 2 nitrogen and oxygen atoms in total. The Hall–Kier alpha value is -0.0787. The molecule has 7 heteroatoms. The number of esters is 1. The molecule has 0 bridgehead atoms. The molecule has 0 aliphatic rings. The van der Waals surface area contributed by atoms with Gasteiger partial charge in [-0.1, -0.05) is 36.1 Å². The number of hydrogen-bond donors (Lipinski definition) is 0. The van der Waals surface area contributed by atoms with Crippen molar-refractivity contribution >= 4 is 19.0 Å². The van der Waals surface area contributed by atoms with Gasteiger partial charge in [0.2, 0.25) is 0 Å². The van der Waals surface area contributed by atoms with Crippen LogP contribution in [0.15, 0.2) is 29.8 Å². The molecule has 0 aliphatic carbocycles. The first-order valence-electron chi connectivity index (χ1n) is 5.38. The van der Waals surface area contributed by atoms with Crippen molar-refractivity contribution in [3.63, 3.8) is 0 Å². The van der Waals surface area contributed by atoms with Gasteiger partial charge in [-0.15, -0.1) is 0 Å². The van der Waals surface area contributed by atoms with E-state index < -0.39 is 19.3 Å². The minimum Gasteiger partial charge on any atom is -0.466 e. The summed E-state index contributed by atoms with van der Waals surface area (Å²) in [6.45, 7) is -3.20. The third-order valence-electron chi connectivity index (χ3n) is 2.32. The van der Waals surface area contributed by atoms with Crippen LogP contribution in [0.4, 0.5) is 12.9 Å². The van der Waals surface area contributed by atoms with Crippen LogP contribution in [0.5, 0.6) is 0 Å². The number of hydrogen-bond acceptors (Lipinski definition) is 2. The Labute approximate surface area is 152 Å². The monoisotopic (exact) mass is 296 g/mol. The molecule has 0 spiro atoms. The van der Waals surface area contributed by atoms with E-state index in [1.807, 2.05) is 6.92 Å². The SMILES string of the molecule is COC(=O)/C(=C/c1ccc(C)cc1)C[B-](F)(F)F.[K+]. The van der Waals surface area contributed by atoms with Crippen LogP contribution in [0.25, 0.3) is 6.08 Å². The predicted octanol–water partition coefficient (Wildman–Crippen LogP) is 0.403. The van der Waals surface area contributed by atoms with Crippen LogP contribution >= 0.6 is 0 Å². The number of benzene rings is 1. The number of aryl methyl sites for hydroxylation is 1. The van der Waals surface area contributed by atoms with E-state index in [0.29, 0.717) is 5.56 Å². The average Bonchev–Trinajstić information content (AvgIpc) is 2.28. The van der Waals surface area contributed by atoms with Crippen molar-refractivity contribution in [2.45, 2.75) is 13.2 Å². The molecule has 1 aromatic rings. The Balaban J connectivity index is 0.00000324. The van der Waals surface area contributed by atoms with Gasteiger partial charge in [-0.05, 0) is 18.6 Å². The smallest absolute Gasteiger partial charge is 0.466 e. The molecule has 0 aliphatic heterocycles. The van der Waals surface area contributed by atoms with E-state index in [2.05, 4.69) is 4.74 Å². The van der Waals surface area contributed by atoms with Gasteiger partial charge >= 0.3 is 64.3 Å². The van der Waals surface area contributed by atoms with E-state index in [1.165, 1.54) is 6.08 Å². The van der Waals surface area contributed by atoms with E-state index in [1.54, 1.807) is 24.3 Å². The minimum absolute atomic E-state index is 0. The molecule has 0 amide bonds. The second kappa shape index (κ2) is 8.26. The zero-order chi connectivity index (χ0) is 13.8. The molecule has 0 atom stereocenters. The van der Waals surface area contributed by atoms with Crippen LogP contribution in [0.1, 0.15) is 11.1 Å². The van der Waals surface area contributed by atoms with Crippen molar-refractivity contribution in [2.75, 3.05) is 7.11 Å². The molecule has 0 aromatic heterocycles. The Kier molecular flexibility index (Phi) is 8.23. The zero-order valence-corrected chi connectivity index (χ0v) is 14.2. The van der Waals surface area contributed by atoms with Gasteiger partial charge in [0.25, 0.3) is 0 Å². The molecule has 0 radical (unpaired) electrons. The summed E-state index contributed by atoms with van der Waals surface area (Å²) in [5, 5.41) is 0. The summed E-state index contributed by atoms with van der Waals surface area (Å²) < 4.78 is 41.5. The molecule has 0 heterocycles. The maximum atomic E-state index is 12.4. The van der Waals surface area contributed by atoms with Gasteiger partial charge in [0, 0.05) is 5.57 Å². The average molecular weight is 296 g/mol. The minimum atomic E-state index is -5.07. The van der Waals surface area contributed by atoms with Crippen LogP contribution in [0.2, 0.25) is 6.32 Å². The fourth-order valence-corrected chi connectivity index (χ4v) is 1.45. The largest absolute Gasteiger partial charge is 1.00 e. The van der Waals surface area contributed by atoms with Crippen molar-refractivity contribution in [1.82, 2.24) is 0 Å². The Morgan fingerprint density at radius 2 is 1.79 bits per heavy atom. The van der Waals surface area contributed by atoms with Gasteiger partial charge in [-0.2, -0.15) is 0 Å². The van der Waals surface area contributed by atoms with Crippen molar-refractivity contribution < 1.29 is 73.9 Å². The summed E-state index contributed by atoms with van der Waals surface area (Å²) in [7, 11) is 1.06. The third kappa shape index (κ3) is 7.31. The van der Waals surface area contributed by atoms with Gasteiger partial charge in [0.05, 0.1) is 7.11 Å². The van der Waals surface area contributed by atoms with Crippen LogP contribution < -0.4 is 51.4 Å². The quantitative estimate of drug-likeness (QED) is 0.457. The fraction of sp³-hybridized carbons (Fsp3) is 0.250. The van der Waals surface area contributed by atoms with Crippen molar-refractivity contribution in [3.8, 4) is 0 Å². The molecule has 0 saturated carbocycles. The van der Waals surface area contributed by atoms with Crippen LogP contribution in [0.3, 0.4) is 0 Å². The second-order valence-corrected chi connectivity index (χ2v) is 3.99. The topological polar surface area (TPSA) is 26.3 Å². The van der Waals surface area contributed by atoms with Gasteiger partial charge in [0.1, 0.15) is 0 Å². The molecule has 19 heavy (non-hydrogen) atoms. The van der Waals surface area contributed by atoms with Gasteiger partial charge < -0.3 is 17.7 Å². The molecule has 98 valence electrons. The number of carbonyl (C=O) groups is 1. The number of halogens is 3. The van der Waals surface area contributed by atoms with Gasteiger partial charge in [0.15, 0.2) is 0 Å². The second-order valence-electron chi connectivity index (χ2n) is 3.99. The molecule has 1 rings (SSSR count). The van der Waals surface area contributed by atoms with Crippen LogP contribution in [0, 0.1) is 6.92 Å². The van der Waals surface area contributed by atoms with Crippen molar-refractivity contribution in [3.05, 3.63) is 41.0 Å². The van der Waals surface area contributed by atoms with E-state index in [0.717, 1.165) is 12.7 Å². The van der Waals surface area contributed by atoms with E-state index in [9.17, 15) is 17.7 Å². The number of rotatable bonds is 4. The first-order valence-corrected chi connectivity index (χ1v) is 5.38. The molecule has 0 saturated heterocycles. The Morgan fingerprint density at radius 3 is 2.21 bits per heavy atom. The maximum absolute atomic E-state index is 12.4. The number of ether oxygens (including phenoxy) is 1. The summed E-state index contributed by atoms with van der Waals surface area (Å²) in [4.78, 5) is 11.3. The summed E-state index contributed by atoms with van der Waals surface area (Å²) in [6.07, 6.45) is -0.0267. The first-order chi connectivity index (χ1) is 8.31. The first kappa shape index (κ1) is 18.9. The molecule has 0 N–H and O–H groups in total. The Morgan fingerprint density at radius 1 is 1.26 bits per heavy atom. The normalized spacial score (nSPS) is 11.7.